The van der Waals surface area contributed by atoms with Gasteiger partial charge in [-0.1, -0.05) is 25.1 Å². The van der Waals surface area contributed by atoms with Gasteiger partial charge in [-0.15, -0.1) is 0 Å². The molecule has 0 bridgehead atoms. The lowest BCUT2D eigenvalue weighted by atomic mass is 9.52. The van der Waals surface area contributed by atoms with Crippen molar-refractivity contribution in [1.29, 1.82) is 0 Å². The lowest BCUT2D eigenvalue weighted by molar-refractivity contribution is -0.102. The van der Waals surface area contributed by atoms with Crippen LogP contribution in [0.4, 0.5) is 0 Å². The van der Waals surface area contributed by atoms with Gasteiger partial charge >= 0.3 is 0 Å². The smallest absolute Gasteiger partial charge is 0.119 e. The summed E-state index contributed by atoms with van der Waals surface area (Å²) in [5.74, 6) is 2.21. The Morgan fingerprint density at radius 2 is 1.72 bits per heavy atom. The van der Waals surface area contributed by atoms with E-state index in [1.54, 1.807) is 12.1 Å². The lowest BCUT2D eigenvalue weighted by Gasteiger charge is -2.53. The van der Waals surface area contributed by atoms with Gasteiger partial charge in [0, 0.05) is 12.0 Å². The largest absolute Gasteiger partial charge is 0.508 e. The minimum atomic E-state index is -0.700. The van der Waals surface area contributed by atoms with Crippen molar-refractivity contribution in [3.8, 4) is 11.5 Å². The Hall–Kier alpha value is -2.00. The van der Waals surface area contributed by atoms with E-state index in [0.717, 1.165) is 44.1 Å². The van der Waals surface area contributed by atoms with E-state index in [1.165, 1.54) is 16.7 Å². The van der Waals surface area contributed by atoms with Crippen molar-refractivity contribution >= 4 is 0 Å². The molecule has 0 unspecified atom stereocenters. The number of benzene rings is 2. The van der Waals surface area contributed by atoms with Gasteiger partial charge in [-0.3, -0.25) is 0 Å². The molecular weight excluding hydrogens is 360 g/mol. The average Bonchev–Trinajstić information content (AvgIpc) is 2.97. The van der Waals surface area contributed by atoms with E-state index in [2.05, 4.69) is 13.8 Å². The molecule has 5 atom stereocenters. The van der Waals surface area contributed by atoms with Crippen LogP contribution in [0, 0.1) is 24.2 Å². The third-order valence-electron chi connectivity index (χ3n) is 8.86. The fourth-order valence-corrected chi connectivity index (χ4v) is 7.22. The summed E-state index contributed by atoms with van der Waals surface area (Å²) in [4.78, 5) is 0. The summed E-state index contributed by atoms with van der Waals surface area (Å²) >= 11 is 0. The molecule has 2 aromatic carbocycles. The van der Waals surface area contributed by atoms with E-state index in [1.807, 2.05) is 24.3 Å². The SMILES string of the molecule is Cc1ccc(O)c2c1CC[C@@H]1[C@@H]2CC[C@@]2(C)[C@H]1CC[C@@]2(O)Cc1ccc(O)cc1. The maximum atomic E-state index is 11.8. The summed E-state index contributed by atoms with van der Waals surface area (Å²) in [6.07, 6.45) is 6.80. The van der Waals surface area contributed by atoms with Gasteiger partial charge in [-0.05, 0) is 104 Å². The molecule has 3 N–H and O–H groups in total. The van der Waals surface area contributed by atoms with Crippen molar-refractivity contribution in [2.45, 2.75) is 70.3 Å². The number of aryl methyl sites for hydroxylation is 1. The molecule has 0 aliphatic heterocycles. The van der Waals surface area contributed by atoms with Gasteiger partial charge in [0.15, 0.2) is 0 Å². The van der Waals surface area contributed by atoms with Crippen LogP contribution < -0.4 is 0 Å². The molecule has 0 heterocycles. The molecule has 2 fully saturated rings. The number of hydrogen-bond acceptors (Lipinski definition) is 3. The Labute approximate surface area is 173 Å². The zero-order chi connectivity index (χ0) is 20.4. The Morgan fingerprint density at radius 1 is 0.966 bits per heavy atom. The number of phenolic OH excluding ortho intramolecular Hbond substituents is 2. The van der Waals surface area contributed by atoms with Gasteiger partial charge < -0.3 is 15.3 Å². The average molecular weight is 393 g/mol. The number of aromatic hydroxyl groups is 2. The normalized spacial score (nSPS) is 35.6. The maximum absolute atomic E-state index is 11.8. The number of aliphatic hydroxyl groups is 1. The van der Waals surface area contributed by atoms with Gasteiger partial charge in [0.25, 0.3) is 0 Å². The zero-order valence-electron chi connectivity index (χ0n) is 17.5. The van der Waals surface area contributed by atoms with Gasteiger partial charge in [0.05, 0.1) is 5.60 Å². The Balaban J connectivity index is 1.46. The molecule has 3 heteroatoms. The van der Waals surface area contributed by atoms with Crippen LogP contribution in [0.1, 0.15) is 67.2 Å². The van der Waals surface area contributed by atoms with Crippen LogP contribution in [-0.2, 0) is 12.8 Å². The summed E-state index contributed by atoms with van der Waals surface area (Å²) in [7, 11) is 0. The van der Waals surface area contributed by atoms with E-state index in [4.69, 9.17) is 0 Å². The topological polar surface area (TPSA) is 60.7 Å². The Bertz CT molecular complexity index is 934. The Morgan fingerprint density at radius 3 is 2.48 bits per heavy atom. The summed E-state index contributed by atoms with van der Waals surface area (Å²) < 4.78 is 0. The molecule has 154 valence electrons. The first-order valence-electron chi connectivity index (χ1n) is 11.1. The molecule has 3 aliphatic carbocycles. The molecule has 3 aliphatic rings. The van der Waals surface area contributed by atoms with Crippen LogP contribution in [0.25, 0.3) is 0 Å². The predicted octanol–water partition coefficient (Wildman–Crippen LogP) is 5.24. The minimum absolute atomic E-state index is 0.0942. The van der Waals surface area contributed by atoms with Gasteiger partial charge in [0.2, 0.25) is 0 Å². The van der Waals surface area contributed by atoms with E-state index < -0.39 is 5.60 Å². The quantitative estimate of drug-likeness (QED) is 0.655. The zero-order valence-corrected chi connectivity index (χ0v) is 17.5. The van der Waals surface area contributed by atoms with E-state index in [0.29, 0.717) is 29.9 Å². The molecule has 2 saturated carbocycles. The number of fused-ring (bicyclic) bond motifs is 5. The van der Waals surface area contributed by atoms with Crippen LogP contribution in [-0.4, -0.2) is 20.9 Å². The van der Waals surface area contributed by atoms with Crippen molar-refractivity contribution in [1.82, 2.24) is 0 Å². The summed E-state index contributed by atoms with van der Waals surface area (Å²) in [6.45, 7) is 4.48. The summed E-state index contributed by atoms with van der Waals surface area (Å²) in [5, 5.41) is 32.1. The van der Waals surface area contributed by atoms with Crippen LogP contribution in [0.3, 0.4) is 0 Å². The highest BCUT2D eigenvalue weighted by Gasteiger charge is 2.61. The van der Waals surface area contributed by atoms with Crippen LogP contribution >= 0.6 is 0 Å². The number of rotatable bonds is 2. The fourth-order valence-electron chi connectivity index (χ4n) is 7.22. The molecule has 29 heavy (non-hydrogen) atoms. The molecular formula is C26H32O3. The summed E-state index contributed by atoms with van der Waals surface area (Å²) in [5.41, 5.74) is 4.18. The second kappa shape index (κ2) is 6.50. The molecule has 2 aromatic rings. The molecule has 0 amide bonds. The van der Waals surface area contributed by atoms with E-state index >= 15 is 0 Å². The maximum Gasteiger partial charge on any atom is 0.119 e. The fraction of sp³-hybridized carbons (Fsp3) is 0.538. The van der Waals surface area contributed by atoms with Crippen LogP contribution in [0.15, 0.2) is 36.4 Å². The monoisotopic (exact) mass is 392 g/mol. The second-order valence-corrected chi connectivity index (χ2v) is 10.1. The van der Waals surface area contributed by atoms with E-state index in [9.17, 15) is 15.3 Å². The first-order chi connectivity index (χ1) is 13.8. The van der Waals surface area contributed by atoms with Crippen molar-refractivity contribution < 1.29 is 15.3 Å². The minimum Gasteiger partial charge on any atom is -0.508 e. The Kier molecular flexibility index (Phi) is 4.26. The summed E-state index contributed by atoms with van der Waals surface area (Å²) in [6, 6.07) is 11.2. The number of phenols is 2. The number of hydrogen-bond donors (Lipinski definition) is 3. The van der Waals surface area contributed by atoms with Crippen molar-refractivity contribution in [2.75, 3.05) is 0 Å². The predicted molar refractivity (Wildman–Crippen MR) is 114 cm³/mol. The molecule has 5 rings (SSSR count). The first-order valence-corrected chi connectivity index (χ1v) is 11.1. The second-order valence-electron chi connectivity index (χ2n) is 10.1. The highest BCUT2D eigenvalue weighted by Crippen LogP contribution is 2.65. The highest BCUT2D eigenvalue weighted by atomic mass is 16.3. The molecule has 0 spiro atoms. The van der Waals surface area contributed by atoms with Crippen molar-refractivity contribution in [2.24, 2.45) is 17.3 Å². The van der Waals surface area contributed by atoms with Gasteiger partial charge in [-0.2, -0.15) is 0 Å². The van der Waals surface area contributed by atoms with Gasteiger partial charge in [-0.25, -0.2) is 0 Å². The third-order valence-corrected chi connectivity index (χ3v) is 8.86. The van der Waals surface area contributed by atoms with Crippen molar-refractivity contribution in [3.05, 3.63) is 58.7 Å². The first kappa shape index (κ1) is 19.0. The van der Waals surface area contributed by atoms with Gasteiger partial charge in [0.1, 0.15) is 11.5 Å². The lowest BCUT2D eigenvalue weighted by Crippen LogP contribution is -2.51. The molecule has 3 nitrogen and oxygen atoms in total. The molecule has 0 aromatic heterocycles. The van der Waals surface area contributed by atoms with Crippen LogP contribution in [0.2, 0.25) is 0 Å². The van der Waals surface area contributed by atoms with Crippen molar-refractivity contribution in [3.63, 3.8) is 0 Å². The molecule has 0 radical (unpaired) electrons. The standard InChI is InChI=1S/C26H32O3/c1-16-3-10-23(28)24-19(16)8-9-20-21(24)11-13-25(2)22(20)12-14-26(25,29)15-17-4-6-18(27)7-5-17/h3-7,10,20-22,27-29H,8-9,11-15H2,1-2H3/t20-,21+,22+,25+,26-/m1/s1. The highest BCUT2D eigenvalue weighted by molar-refractivity contribution is 5.48. The van der Waals surface area contributed by atoms with Crippen LogP contribution in [0.5, 0.6) is 11.5 Å². The molecule has 0 saturated heterocycles. The third kappa shape index (κ3) is 2.73. The van der Waals surface area contributed by atoms with E-state index in [-0.39, 0.29) is 11.2 Å².